The lowest BCUT2D eigenvalue weighted by molar-refractivity contribution is -0.136. The number of nitrogens with zero attached hydrogens (tertiary/aromatic N) is 3. The zero-order chi connectivity index (χ0) is 20.1. The van der Waals surface area contributed by atoms with E-state index in [0.717, 1.165) is 10.5 Å². The topological polar surface area (TPSA) is 30.7 Å². The van der Waals surface area contributed by atoms with Crippen LogP contribution in [0.4, 0.5) is 13.2 Å². The van der Waals surface area contributed by atoms with Crippen LogP contribution in [0.1, 0.15) is 11.3 Å². The van der Waals surface area contributed by atoms with Crippen molar-refractivity contribution in [2.75, 3.05) is 0 Å². The zero-order valence-electron chi connectivity index (χ0n) is 14.4. The zero-order valence-corrected chi connectivity index (χ0v) is 16.8. The number of pyridine rings is 1. The maximum Gasteiger partial charge on any atom is 0.417 e. The maximum atomic E-state index is 13.8. The summed E-state index contributed by atoms with van der Waals surface area (Å²) in [4.78, 5) is 4.53. The van der Waals surface area contributed by atoms with Gasteiger partial charge in [-0.1, -0.05) is 39.7 Å². The first-order chi connectivity index (χ1) is 13.2. The van der Waals surface area contributed by atoms with E-state index in [1.807, 2.05) is 0 Å². The van der Waals surface area contributed by atoms with Crippen LogP contribution in [0.25, 0.3) is 28.0 Å². The van der Waals surface area contributed by atoms with Crippen LogP contribution < -0.4 is 0 Å². The fourth-order valence-corrected chi connectivity index (χ4v) is 3.60. The van der Waals surface area contributed by atoms with E-state index in [9.17, 15) is 13.2 Å². The highest BCUT2D eigenvalue weighted by Crippen LogP contribution is 2.39. The van der Waals surface area contributed by atoms with Gasteiger partial charge in [-0.25, -0.2) is 9.67 Å². The number of aryl methyl sites for hydroxylation is 1. The molecular formula is C20H12BrClF3N3. The third-order valence-corrected chi connectivity index (χ3v) is 5.05. The predicted octanol–water partition coefficient (Wildman–Crippen LogP) is 6.83. The van der Waals surface area contributed by atoms with Crippen LogP contribution in [0, 0.1) is 6.92 Å². The van der Waals surface area contributed by atoms with Gasteiger partial charge in [-0.05, 0) is 49.4 Å². The molecule has 0 aliphatic heterocycles. The Kier molecular flexibility index (Phi) is 4.67. The molecular weight excluding hydrogens is 455 g/mol. The molecule has 4 aromatic rings. The molecule has 3 nitrogen and oxygen atoms in total. The van der Waals surface area contributed by atoms with Crippen molar-refractivity contribution < 1.29 is 13.2 Å². The molecule has 0 fully saturated rings. The van der Waals surface area contributed by atoms with Gasteiger partial charge in [-0.2, -0.15) is 18.3 Å². The maximum absolute atomic E-state index is 13.8. The van der Waals surface area contributed by atoms with E-state index in [-0.39, 0.29) is 22.4 Å². The lowest BCUT2D eigenvalue weighted by Crippen LogP contribution is -2.08. The number of halogens is 5. The second kappa shape index (κ2) is 6.90. The van der Waals surface area contributed by atoms with Gasteiger partial charge < -0.3 is 0 Å². The van der Waals surface area contributed by atoms with Gasteiger partial charge in [-0.15, -0.1) is 0 Å². The van der Waals surface area contributed by atoms with Crippen LogP contribution in [0.15, 0.2) is 59.1 Å². The third kappa shape index (κ3) is 3.40. The first-order valence-corrected chi connectivity index (χ1v) is 9.40. The van der Waals surface area contributed by atoms with Crippen LogP contribution >= 0.6 is 27.5 Å². The summed E-state index contributed by atoms with van der Waals surface area (Å²) in [5, 5.41) is 4.83. The minimum Gasteiger partial charge on any atom is -0.228 e. The molecule has 8 heteroatoms. The molecule has 0 N–H and O–H groups in total. The Morgan fingerprint density at radius 2 is 1.75 bits per heavy atom. The Balaban J connectivity index is 2.06. The lowest BCUT2D eigenvalue weighted by atomic mass is 10.1. The summed E-state index contributed by atoms with van der Waals surface area (Å²) in [5.41, 5.74) is 1.01. The molecule has 0 saturated carbocycles. The number of aromatic nitrogens is 3. The van der Waals surface area contributed by atoms with Crippen LogP contribution in [0.2, 0.25) is 5.02 Å². The van der Waals surface area contributed by atoms with Crippen molar-refractivity contribution in [1.82, 2.24) is 14.8 Å². The second-order valence-electron chi connectivity index (χ2n) is 6.24. The van der Waals surface area contributed by atoms with Crippen molar-refractivity contribution in [3.8, 4) is 16.9 Å². The number of hydrogen-bond acceptors (Lipinski definition) is 2. The molecule has 0 aliphatic carbocycles. The van der Waals surface area contributed by atoms with Gasteiger partial charge in [0.15, 0.2) is 5.65 Å². The summed E-state index contributed by atoms with van der Waals surface area (Å²) in [7, 11) is 0. The smallest absolute Gasteiger partial charge is 0.228 e. The Bertz CT molecular complexity index is 1180. The second-order valence-corrected chi connectivity index (χ2v) is 7.59. The number of rotatable bonds is 2. The Labute approximate surface area is 171 Å². The molecule has 0 unspecified atom stereocenters. The van der Waals surface area contributed by atoms with E-state index in [0.29, 0.717) is 16.3 Å². The minimum atomic E-state index is -4.54. The molecule has 0 bridgehead atoms. The van der Waals surface area contributed by atoms with Crippen molar-refractivity contribution in [2.24, 2.45) is 0 Å². The Morgan fingerprint density at radius 3 is 2.39 bits per heavy atom. The fraction of sp³-hybridized carbons (Fsp3) is 0.100. The van der Waals surface area contributed by atoms with Gasteiger partial charge in [0.2, 0.25) is 0 Å². The van der Waals surface area contributed by atoms with Crippen LogP contribution in [0.3, 0.4) is 0 Å². The van der Waals surface area contributed by atoms with Crippen LogP contribution in [0.5, 0.6) is 0 Å². The van der Waals surface area contributed by atoms with Gasteiger partial charge in [0.05, 0.1) is 28.0 Å². The van der Waals surface area contributed by atoms with Gasteiger partial charge in [-0.3, -0.25) is 0 Å². The third-order valence-electron chi connectivity index (χ3n) is 4.31. The highest BCUT2D eigenvalue weighted by Gasteiger charge is 2.35. The van der Waals surface area contributed by atoms with Crippen molar-refractivity contribution in [1.29, 1.82) is 0 Å². The van der Waals surface area contributed by atoms with E-state index >= 15 is 0 Å². The first-order valence-electron chi connectivity index (χ1n) is 8.23. The number of hydrogen-bond donors (Lipinski definition) is 0. The van der Waals surface area contributed by atoms with Crippen molar-refractivity contribution >= 4 is 38.6 Å². The average Bonchev–Trinajstić information content (AvgIpc) is 2.97. The Hall–Kier alpha value is -2.38. The molecule has 0 amide bonds. The lowest BCUT2D eigenvalue weighted by Gasteiger charge is -2.12. The quantitative estimate of drug-likeness (QED) is 0.324. The molecule has 2 heterocycles. The fourth-order valence-electron chi connectivity index (χ4n) is 3.07. The van der Waals surface area contributed by atoms with Gasteiger partial charge in [0.25, 0.3) is 0 Å². The van der Waals surface area contributed by atoms with Crippen molar-refractivity contribution in [3.05, 3.63) is 75.4 Å². The number of alkyl halides is 3. The van der Waals surface area contributed by atoms with E-state index in [2.05, 4.69) is 26.0 Å². The van der Waals surface area contributed by atoms with Crippen LogP contribution in [-0.4, -0.2) is 14.8 Å². The highest BCUT2D eigenvalue weighted by molar-refractivity contribution is 9.10. The normalized spacial score (nSPS) is 11.9. The first kappa shape index (κ1) is 19.0. The number of benzene rings is 2. The number of fused-ring (bicyclic) bond motifs is 1. The standard InChI is InChI=1S/C20H12BrClF3N3/c1-11-18-16(20(23,24)25)10-17(12-3-2-4-13(21)9-12)26-19(18)28(27-11)15-7-5-14(22)6-8-15/h2-10H,1H3. The molecule has 28 heavy (non-hydrogen) atoms. The van der Waals surface area contributed by atoms with E-state index < -0.39 is 11.7 Å². The SMILES string of the molecule is Cc1nn(-c2ccc(Cl)cc2)c2nc(-c3cccc(Br)c3)cc(C(F)(F)F)c12. The monoisotopic (exact) mass is 465 g/mol. The van der Waals surface area contributed by atoms with E-state index in [4.69, 9.17) is 11.6 Å². The molecule has 2 aromatic heterocycles. The average molecular weight is 467 g/mol. The highest BCUT2D eigenvalue weighted by atomic mass is 79.9. The molecule has 4 rings (SSSR count). The predicted molar refractivity (Wildman–Crippen MR) is 107 cm³/mol. The molecule has 0 spiro atoms. The summed E-state index contributed by atoms with van der Waals surface area (Å²) < 4.78 is 43.7. The summed E-state index contributed by atoms with van der Waals surface area (Å²) in [6.07, 6.45) is -4.54. The summed E-state index contributed by atoms with van der Waals surface area (Å²) >= 11 is 9.28. The molecule has 0 aliphatic rings. The summed E-state index contributed by atoms with van der Waals surface area (Å²) in [6, 6.07) is 14.8. The molecule has 142 valence electrons. The van der Waals surface area contributed by atoms with Gasteiger partial charge in [0, 0.05) is 15.1 Å². The van der Waals surface area contributed by atoms with Crippen molar-refractivity contribution in [3.63, 3.8) is 0 Å². The van der Waals surface area contributed by atoms with E-state index in [1.54, 1.807) is 55.5 Å². The van der Waals surface area contributed by atoms with E-state index in [1.165, 1.54) is 4.68 Å². The molecule has 0 radical (unpaired) electrons. The molecule has 2 aromatic carbocycles. The van der Waals surface area contributed by atoms with Gasteiger partial charge >= 0.3 is 6.18 Å². The Morgan fingerprint density at radius 1 is 1.04 bits per heavy atom. The largest absolute Gasteiger partial charge is 0.417 e. The molecule has 0 atom stereocenters. The summed E-state index contributed by atoms with van der Waals surface area (Å²) in [6.45, 7) is 1.55. The van der Waals surface area contributed by atoms with Gasteiger partial charge in [0.1, 0.15) is 0 Å². The minimum absolute atomic E-state index is 0.0128. The molecule has 0 saturated heterocycles. The summed E-state index contributed by atoms with van der Waals surface area (Å²) in [5.74, 6) is 0. The van der Waals surface area contributed by atoms with Crippen molar-refractivity contribution in [2.45, 2.75) is 13.1 Å². The van der Waals surface area contributed by atoms with Crippen LogP contribution in [-0.2, 0) is 6.18 Å².